The van der Waals surface area contributed by atoms with Crippen molar-refractivity contribution >= 4 is 15.6 Å². The molecular formula is C13H16O3S. The molecule has 1 fully saturated rings. The highest BCUT2D eigenvalue weighted by molar-refractivity contribution is 7.91. The Balaban J connectivity index is 2.18. The topological polar surface area (TPSA) is 51.2 Å². The van der Waals surface area contributed by atoms with Crippen molar-refractivity contribution in [2.24, 2.45) is 5.92 Å². The smallest absolute Gasteiger partial charge is 0.158 e. The maximum atomic E-state index is 12.2. The summed E-state index contributed by atoms with van der Waals surface area (Å²) in [4.78, 5) is 11.4. The van der Waals surface area contributed by atoms with Crippen LogP contribution in [0.25, 0.3) is 0 Å². The molecule has 0 amide bonds. The van der Waals surface area contributed by atoms with Crippen LogP contribution in [0.15, 0.2) is 30.3 Å². The summed E-state index contributed by atoms with van der Waals surface area (Å²) in [6, 6.07) is 9.12. The number of carbonyl (C=O) groups is 1. The standard InChI is InChI=1S/C13H16O3S/c1-10-12(14)7-8-13(10)17(15,16)9-11-5-3-2-4-6-11/h2-6,10,13H,7-9H2,1H3. The SMILES string of the molecule is CC1C(=O)CCC1S(=O)(=O)Cc1ccccc1. The van der Waals surface area contributed by atoms with Gasteiger partial charge in [-0.25, -0.2) is 8.42 Å². The Morgan fingerprint density at radius 1 is 1.24 bits per heavy atom. The third-order valence-electron chi connectivity index (χ3n) is 3.41. The highest BCUT2D eigenvalue weighted by Gasteiger charge is 2.39. The molecule has 0 spiro atoms. The van der Waals surface area contributed by atoms with Crippen LogP contribution >= 0.6 is 0 Å². The number of hydrogen-bond donors (Lipinski definition) is 0. The second-order valence-electron chi connectivity index (χ2n) is 4.62. The van der Waals surface area contributed by atoms with Crippen molar-refractivity contribution in [3.63, 3.8) is 0 Å². The Morgan fingerprint density at radius 2 is 1.88 bits per heavy atom. The van der Waals surface area contributed by atoms with Crippen LogP contribution in [0.5, 0.6) is 0 Å². The van der Waals surface area contributed by atoms with E-state index in [1.807, 2.05) is 18.2 Å². The number of rotatable bonds is 3. The van der Waals surface area contributed by atoms with Crippen molar-refractivity contribution in [2.45, 2.75) is 30.8 Å². The zero-order chi connectivity index (χ0) is 12.5. The van der Waals surface area contributed by atoms with E-state index in [0.29, 0.717) is 12.8 Å². The molecule has 1 aliphatic rings. The molecule has 17 heavy (non-hydrogen) atoms. The van der Waals surface area contributed by atoms with Gasteiger partial charge in [-0.2, -0.15) is 0 Å². The Hall–Kier alpha value is -1.16. The quantitative estimate of drug-likeness (QED) is 0.826. The molecular weight excluding hydrogens is 236 g/mol. The molecule has 0 N–H and O–H groups in total. The molecule has 1 saturated carbocycles. The minimum Gasteiger partial charge on any atom is -0.299 e. The Labute approximate surface area is 102 Å². The number of hydrogen-bond acceptors (Lipinski definition) is 3. The van der Waals surface area contributed by atoms with Crippen molar-refractivity contribution in [2.75, 3.05) is 0 Å². The molecule has 2 rings (SSSR count). The van der Waals surface area contributed by atoms with Crippen molar-refractivity contribution in [3.8, 4) is 0 Å². The highest BCUT2D eigenvalue weighted by atomic mass is 32.2. The fourth-order valence-electron chi connectivity index (χ4n) is 2.37. The van der Waals surface area contributed by atoms with Gasteiger partial charge in [0, 0.05) is 12.3 Å². The second kappa shape index (κ2) is 4.61. The molecule has 1 aromatic rings. The molecule has 0 bridgehead atoms. The van der Waals surface area contributed by atoms with Crippen molar-refractivity contribution in [1.82, 2.24) is 0 Å². The van der Waals surface area contributed by atoms with E-state index in [1.165, 1.54) is 0 Å². The molecule has 0 aromatic heterocycles. The number of carbonyl (C=O) groups excluding carboxylic acids is 1. The molecule has 3 nitrogen and oxygen atoms in total. The average Bonchev–Trinajstić information content (AvgIpc) is 2.61. The molecule has 0 saturated heterocycles. The average molecular weight is 252 g/mol. The van der Waals surface area contributed by atoms with Crippen LogP contribution in [0.2, 0.25) is 0 Å². The molecule has 1 aliphatic carbocycles. The first kappa shape index (κ1) is 12.3. The monoisotopic (exact) mass is 252 g/mol. The number of sulfone groups is 1. The van der Waals surface area contributed by atoms with E-state index in [2.05, 4.69) is 0 Å². The van der Waals surface area contributed by atoms with Crippen LogP contribution in [0.1, 0.15) is 25.3 Å². The summed E-state index contributed by atoms with van der Waals surface area (Å²) in [5, 5.41) is -0.491. The third-order valence-corrected chi connectivity index (χ3v) is 5.71. The molecule has 92 valence electrons. The van der Waals surface area contributed by atoms with Crippen LogP contribution in [0, 0.1) is 5.92 Å². The number of benzene rings is 1. The normalized spacial score (nSPS) is 25.1. The van der Waals surface area contributed by atoms with Gasteiger partial charge in [0.2, 0.25) is 0 Å². The van der Waals surface area contributed by atoms with Gasteiger partial charge < -0.3 is 0 Å². The molecule has 4 heteroatoms. The summed E-state index contributed by atoms with van der Waals surface area (Å²) < 4.78 is 24.4. The van der Waals surface area contributed by atoms with Gasteiger partial charge in [0.05, 0.1) is 11.0 Å². The van der Waals surface area contributed by atoms with E-state index in [1.54, 1.807) is 19.1 Å². The van der Waals surface area contributed by atoms with E-state index >= 15 is 0 Å². The van der Waals surface area contributed by atoms with Crippen molar-refractivity contribution in [3.05, 3.63) is 35.9 Å². The first-order chi connectivity index (χ1) is 8.00. The largest absolute Gasteiger partial charge is 0.299 e. The number of Topliss-reactive ketones (excluding diaryl/α,β-unsaturated/α-hetero) is 1. The zero-order valence-electron chi connectivity index (χ0n) is 9.80. The first-order valence-electron chi connectivity index (χ1n) is 5.79. The van der Waals surface area contributed by atoms with E-state index in [9.17, 15) is 13.2 Å². The van der Waals surface area contributed by atoms with E-state index in [-0.39, 0.29) is 17.5 Å². The molecule has 0 aliphatic heterocycles. The van der Waals surface area contributed by atoms with Crippen LogP contribution in [-0.4, -0.2) is 19.5 Å². The Kier molecular flexibility index (Phi) is 3.33. The van der Waals surface area contributed by atoms with E-state index in [4.69, 9.17) is 0 Å². The predicted octanol–water partition coefficient (Wildman–Crippen LogP) is 1.97. The summed E-state index contributed by atoms with van der Waals surface area (Å²) in [7, 11) is -3.22. The summed E-state index contributed by atoms with van der Waals surface area (Å²) in [5.74, 6) is -0.230. The van der Waals surface area contributed by atoms with E-state index < -0.39 is 15.1 Å². The van der Waals surface area contributed by atoms with Crippen LogP contribution in [-0.2, 0) is 20.4 Å². The minimum absolute atomic E-state index is 0.0378. The van der Waals surface area contributed by atoms with Crippen LogP contribution < -0.4 is 0 Å². The van der Waals surface area contributed by atoms with Gasteiger partial charge in [-0.1, -0.05) is 37.3 Å². The predicted molar refractivity (Wildman–Crippen MR) is 66.3 cm³/mol. The molecule has 0 radical (unpaired) electrons. The molecule has 2 atom stereocenters. The Morgan fingerprint density at radius 3 is 2.41 bits per heavy atom. The van der Waals surface area contributed by atoms with E-state index in [0.717, 1.165) is 5.56 Å². The maximum absolute atomic E-state index is 12.2. The van der Waals surface area contributed by atoms with Gasteiger partial charge in [0.1, 0.15) is 5.78 Å². The van der Waals surface area contributed by atoms with Gasteiger partial charge in [0.15, 0.2) is 9.84 Å². The fourth-order valence-corrected chi connectivity index (χ4v) is 4.50. The molecule has 1 aromatic carbocycles. The first-order valence-corrected chi connectivity index (χ1v) is 7.50. The molecule has 2 unspecified atom stereocenters. The minimum atomic E-state index is -3.22. The van der Waals surface area contributed by atoms with Crippen LogP contribution in [0.3, 0.4) is 0 Å². The Bertz CT molecular complexity index is 505. The zero-order valence-corrected chi connectivity index (χ0v) is 10.6. The lowest BCUT2D eigenvalue weighted by atomic mass is 10.1. The highest BCUT2D eigenvalue weighted by Crippen LogP contribution is 2.29. The van der Waals surface area contributed by atoms with Gasteiger partial charge in [-0.15, -0.1) is 0 Å². The number of ketones is 1. The summed E-state index contributed by atoms with van der Waals surface area (Å²) in [6.07, 6.45) is 0.884. The van der Waals surface area contributed by atoms with Gasteiger partial charge in [-0.05, 0) is 12.0 Å². The maximum Gasteiger partial charge on any atom is 0.158 e. The summed E-state index contributed by atoms with van der Waals surface area (Å²) >= 11 is 0. The summed E-state index contributed by atoms with van der Waals surface area (Å²) in [5.41, 5.74) is 0.791. The second-order valence-corrected chi connectivity index (χ2v) is 6.84. The lowest BCUT2D eigenvalue weighted by Gasteiger charge is -2.15. The van der Waals surface area contributed by atoms with Gasteiger partial charge in [0.25, 0.3) is 0 Å². The van der Waals surface area contributed by atoms with Gasteiger partial charge in [-0.3, -0.25) is 4.79 Å². The summed E-state index contributed by atoms with van der Waals surface area (Å²) in [6.45, 7) is 1.72. The third kappa shape index (κ3) is 2.57. The van der Waals surface area contributed by atoms with Crippen LogP contribution in [0.4, 0.5) is 0 Å². The fraction of sp³-hybridized carbons (Fsp3) is 0.462. The van der Waals surface area contributed by atoms with Crippen molar-refractivity contribution < 1.29 is 13.2 Å². The van der Waals surface area contributed by atoms with Gasteiger partial charge >= 0.3 is 0 Å². The van der Waals surface area contributed by atoms with Crippen molar-refractivity contribution in [1.29, 1.82) is 0 Å². The lowest BCUT2D eigenvalue weighted by Crippen LogP contribution is -2.27. The lowest BCUT2D eigenvalue weighted by molar-refractivity contribution is -0.120. The molecule has 0 heterocycles.